The minimum Gasteiger partial charge on any atom is -0.345 e. The second-order valence-electron chi connectivity index (χ2n) is 5.03. The van der Waals surface area contributed by atoms with Gasteiger partial charge in [-0.05, 0) is 32.2 Å². The van der Waals surface area contributed by atoms with E-state index in [1.807, 2.05) is 11.3 Å². The van der Waals surface area contributed by atoms with Gasteiger partial charge in [-0.3, -0.25) is 0 Å². The van der Waals surface area contributed by atoms with Gasteiger partial charge in [0.15, 0.2) is 5.13 Å². The Hall–Kier alpha value is -0.610. The highest BCUT2D eigenvalue weighted by atomic mass is 32.1. The number of thiazole rings is 1. The van der Waals surface area contributed by atoms with E-state index >= 15 is 0 Å². The van der Waals surface area contributed by atoms with Crippen molar-refractivity contribution in [2.75, 3.05) is 18.0 Å². The van der Waals surface area contributed by atoms with E-state index in [-0.39, 0.29) is 0 Å². The van der Waals surface area contributed by atoms with Gasteiger partial charge in [0, 0.05) is 24.5 Å². The standard InChI is InChI=1S/C14H25N3S/c1-3-7-13-8-5-6-9-17(13)14-16-12(11-18-14)10-15-4-2/h11,13,15H,3-10H2,1-2H3. The number of piperidine rings is 1. The number of anilines is 1. The third kappa shape index (κ3) is 3.45. The molecular formula is C14H25N3S. The Morgan fingerprint density at radius 1 is 1.44 bits per heavy atom. The predicted octanol–water partition coefficient (Wildman–Crippen LogP) is 3.41. The molecule has 1 fully saturated rings. The van der Waals surface area contributed by atoms with Crippen molar-refractivity contribution in [1.29, 1.82) is 0 Å². The van der Waals surface area contributed by atoms with E-state index in [0.717, 1.165) is 19.1 Å². The normalized spacial score (nSPS) is 20.3. The lowest BCUT2D eigenvalue weighted by Gasteiger charge is -2.35. The van der Waals surface area contributed by atoms with Crippen LogP contribution in [0.4, 0.5) is 5.13 Å². The number of aromatic nitrogens is 1. The predicted molar refractivity (Wildman–Crippen MR) is 79.4 cm³/mol. The second-order valence-corrected chi connectivity index (χ2v) is 5.87. The van der Waals surface area contributed by atoms with Crippen LogP contribution < -0.4 is 10.2 Å². The number of hydrogen-bond acceptors (Lipinski definition) is 4. The molecule has 1 N–H and O–H groups in total. The molecule has 0 amide bonds. The fraction of sp³-hybridized carbons (Fsp3) is 0.786. The second kappa shape index (κ2) is 7.10. The van der Waals surface area contributed by atoms with Crippen LogP contribution in [0.25, 0.3) is 0 Å². The van der Waals surface area contributed by atoms with E-state index in [0.29, 0.717) is 0 Å². The van der Waals surface area contributed by atoms with Crippen LogP contribution in [0.1, 0.15) is 51.6 Å². The quantitative estimate of drug-likeness (QED) is 0.856. The van der Waals surface area contributed by atoms with Crippen molar-refractivity contribution >= 4 is 16.5 Å². The van der Waals surface area contributed by atoms with Gasteiger partial charge in [0.25, 0.3) is 0 Å². The Labute approximate surface area is 115 Å². The minimum absolute atomic E-state index is 0.724. The zero-order chi connectivity index (χ0) is 12.8. The fourth-order valence-corrected chi connectivity index (χ4v) is 3.57. The minimum atomic E-state index is 0.724. The maximum Gasteiger partial charge on any atom is 0.185 e. The molecule has 1 atom stereocenters. The summed E-state index contributed by atoms with van der Waals surface area (Å²) in [5.74, 6) is 0. The summed E-state index contributed by atoms with van der Waals surface area (Å²) < 4.78 is 0. The summed E-state index contributed by atoms with van der Waals surface area (Å²) in [6, 6.07) is 0.724. The first-order valence-corrected chi connectivity index (χ1v) is 8.14. The first-order chi connectivity index (χ1) is 8.85. The highest BCUT2D eigenvalue weighted by Gasteiger charge is 2.23. The summed E-state index contributed by atoms with van der Waals surface area (Å²) in [4.78, 5) is 7.33. The third-order valence-electron chi connectivity index (χ3n) is 3.59. The van der Waals surface area contributed by atoms with Crippen molar-refractivity contribution in [2.24, 2.45) is 0 Å². The van der Waals surface area contributed by atoms with Crippen LogP contribution in [0, 0.1) is 0 Å². The van der Waals surface area contributed by atoms with Crippen LogP contribution in [0.3, 0.4) is 0 Å². The van der Waals surface area contributed by atoms with E-state index < -0.39 is 0 Å². The molecule has 1 aromatic rings. The van der Waals surface area contributed by atoms with Crippen LogP contribution in [-0.4, -0.2) is 24.1 Å². The monoisotopic (exact) mass is 267 g/mol. The van der Waals surface area contributed by atoms with Crippen LogP contribution in [0.2, 0.25) is 0 Å². The van der Waals surface area contributed by atoms with Crippen LogP contribution in [-0.2, 0) is 6.54 Å². The van der Waals surface area contributed by atoms with Gasteiger partial charge in [0.05, 0.1) is 5.69 Å². The van der Waals surface area contributed by atoms with E-state index in [4.69, 9.17) is 4.98 Å². The van der Waals surface area contributed by atoms with Gasteiger partial charge in [0.1, 0.15) is 0 Å². The molecule has 0 radical (unpaired) electrons. The zero-order valence-electron chi connectivity index (χ0n) is 11.6. The molecule has 2 heterocycles. The molecule has 4 heteroatoms. The summed E-state index contributed by atoms with van der Waals surface area (Å²) in [6.07, 6.45) is 6.63. The van der Waals surface area contributed by atoms with E-state index in [2.05, 4.69) is 29.4 Å². The smallest absolute Gasteiger partial charge is 0.185 e. The summed E-state index contributed by atoms with van der Waals surface area (Å²) in [5, 5.41) is 6.78. The lowest BCUT2D eigenvalue weighted by Crippen LogP contribution is -2.39. The van der Waals surface area contributed by atoms with Gasteiger partial charge < -0.3 is 10.2 Å². The highest BCUT2D eigenvalue weighted by molar-refractivity contribution is 7.13. The van der Waals surface area contributed by atoms with Crippen molar-refractivity contribution < 1.29 is 0 Å². The molecule has 0 aromatic carbocycles. The molecule has 0 spiro atoms. The van der Waals surface area contributed by atoms with E-state index in [1.165, 1.54) is 49.5 Å². The van der Waals surface area contributed by atoms with Gasteiger partial charge in [-0.15, -0.1) is 11.3 Å². The average Bonchev–Trinajstić information content (AvgIpc) is 2.86. The SMILES string of the molecule is CCCC1CCCCN1c1nc(CNCC)cs1. The number of nitrogens with zero attached hydrogens (tertiary/aromatic N) is 2. The first-order valence-electron chi connectivity index (χ1n) is 7.27. The van der Waals surface area contributed by atoms with Crippen LogP contribution in [0.15, 0.2) is 5.38 Å². The number of nitrogens with one attached hydrogen (secondary N) is 1. The molecule has 3 nitrogen and oxygen atoms in total. The molecule has 0 bridgehead atoms. The molecular weight excluding hydrogens is 242 g/mol. The van der Waals surface area contributed by atoms with Crippen molar-refractivity contribution in [3.8, 4) is 0 Å². The summed E-state index contributed by atoms with van der Waals surface area (Å²) in [6.45, 7) is 7.52. The van der Waals surface area contributed by atoms with E-state index in [9.17, 15) is 0 Å². The third-order valence-corrected chi connectivity index (χ3v) is 4.52. The molecule has 1 aliphatic rings. The van der Waals surface area contributed by atoms with Crippen molar-refractivity contribution in [3.63, 3.8) is 0 Å². The molecule has 1 unspecified atom stereocenters. The maximum atomic E-state index is 4.79. The Morgan fingerprint density at radius 3 is 3.11 bits per heavy atom. The Balaban J connectivity index is 2.01. The highest BCUT2D eigenvalue weighted by Crippen LogP contribution is 2.29. The molecule has 1 saturated heterocycles. The summed E-state index contributed by atoms with van der Waals surface area (Å²) in [7, 11) is 0. The first kappa shape index (κ1) is 13.8. The topological polar surface area (TPSA) is 28.2 Å². The van der Waals surface area contributed by atoms with Gasteiger partial charge in [0.2, 0.25) is 0 Å². The Kier molecular flexibility index (Phi) is 5.45. The maximum absolute atomic E-state index is 4.79. The molecule has 1 aromatic heterocycles. The Morgan fingerprint density at radius 2 is 2.33 bits per heavy atom. The lowest BCUT2D eigenvalue weighted by atomic mass is 9.99. The molecule has 18 heavy (non-hydrogen) atoms. The largest absolute Gasteiger partial charge is 0.345 e. The molecule has 0 saturated carbocycles. The molecule has 1 aliphatic heterocycles. The van der Waals surface area contributed by atoms with Crippen LogP contribution >= 0.6 is 11.3 Å². The molecule has 2 rings (SSSR count). The van der Waals surface area contributed by atoms with Gasteiger partial charge >= 0.3 is 0 Å². The molecule has 102 valence electrons. The summed E-state index contributed by atoms with van der Waals surface area (Å²) in [5.41, 5.74) is 1.19. The van der Waals surface area contributed by atoms with E-state index in [1.54, 1.807) is 0 Å². The lowest BCUT2D eigenvalue weighted by molar-refractivity contribution is 0.434. The molecule has 0 aliphatic carbocycles. The number of rotatable bonds is 6. The van der Waals surface area contributed by atoms with Crippen molar-refractivity contribution in [2.45, 2.75) is 58.5 Å². The van der Waals surface area contributed by atoms with Crippen LogP contribution in [0.5, 0.6) is 0 Å². The van der Waals surface area contributed by atoms with Crippen molar-refractivity contribution in [1.82, 2.24) is 10.3 Å². The van der Waals surface area contributed by atoms with Gasteiger partial charge in [-0.25, -0.2) is 4.98 Å². The van der Waals surface area contributed by atoms with Gasteiger partial charge in [-0.1, -0.05) is 20.3 Å². The zero-order valence-corrected chi connectivity index (χ0v) is 12.4. The average molecular weight is 267 g/mol. The fourth-order valence-electron chi connectivity index (χ4n) is 2.65. The number of hydrogen-bond donors (Lipinski definition) is 1. The Bertz CT molecular complexity index is 349. The summed E-state index contributed by atoms with van der Waals surface area (Å²) >= 11 is 1.81. The van der Waals surface area contributed by atoms with Gasteiger partial charge in [-0.2, -0.15) is 0 Å². The van der Waals surface area contributed by atoms with Crippen molar-refractivity contribution in [3.05, 3.63) is 11.1 Å².